The molecule has 35 heavy (non-hydrogen) atoms. The van der Waals surface area contributed by atoms with Crippen molar-refractivity contribution in [1.82, 2.24) is 10.4 Å². The van der Waals surface area contributed by atoms with Gasteiger partial charge in [0.1, 0.15) is 0 Å². The Morgan fingerprint density at radius 1 is 1.11 bits per heavy atom. The summed E-state index contributed by atoms with van der Waals surface area (Å²) in [6.45, 7) is 4.95. The van der Waals surface area contributed by atoms with Crippen LogP contribution in [0.3, 0.4) is 0 Å². The van der Waals surface area contributed by atoms with Gasteiger partial charge in [0.15, 0.2) is 0 Å². The quantitative estimate of drug-likeness (QED) is 0.367. The Balaban J connectivity index is 1.23. The van der Waals surface area contributed by atoms with E-state index in [0.29, 0.717) is 12.3 Å². The maximum absolute atomic E-state index is 13.4. The Labute approximate surface area is 208 Å². The molecule has 5 rings (SSSR count). The molecule has 3 N–H and O–H groups in total. The number of hydrogen-bond acceptors (Lipinski definition) is 6. The van der Waals surface area contributed by atoms with E-state index in [9.17, 15) is 9.59 Å². The summed E-state index contributed by atoms with van der Waals surface area (Å²) >= 11 is 0. The van der Waals surface area contributed by atoms with Crippen LogP contribution in [0, 0.1) is 17.3 Å². The van der Waals surface area contributed by atoms with Crippen LogP contribution < -0.4 is 15.7 Å². The molecule has 2 heterocycles. The first-order chi connectivity index (χ1) is 17.0. The fourth-order valence-corrected chi connectivity index (χ4v) is 6.52. The van der Waals surface area contributed by atoms with E-state index in [1.807, 2.05) is 17.6 Å². The van der Waals surface area contributed by atoms with Crippen molar-refractivity contribution >= 4 is 23.2 Å². The summed E-state index contributed by atoms with van der Waals surface area (Å²) in [7, 11) is 0. The summed E-state index contributed by atoms with van der Waals surface area (Å²) in [6.07, 6.45) is 9.57. The van der Waals surface area contributed by atoms with E-state index in [4.69, 9.17) is 9.94 Å². The maximum Gasteiger partial charge on any atom is 0.243 e. The second kappa shape index (κ2) is 10.8. The largest absolute Gasteiger partial charge is 0.378 e. The molecule has 2 amide bonds. The number of carbonyl (C=O) groups is 2. The third kappa shape index (κ3) is 6.16. The van der Waals surface area contributed by atoms with Gasteiger partial charge >= 0.3 is 0 Å². The molecule has 2 unspecified atom stereocenters. The lowest BCUT2D eigenvalue weighted by Gasteiger charge is -2.30. The monoisotopic (exact) mass is 484 g/mol. The van der Waals surface area contributed by atoms with Crippen LogP contribution in [-0.4, -0.2) is 67.4 Å². The van der Waals surface area contributed by atoms with Crippen molar-refractivity contribution in [1.29, 1.82) is 0 Å². The lowest BCUT2D eigenvalue weighted by atomic mass is 9.90. The van der Waals surface area contributed by atoms with E-state index in [0.717, 1.165) is 63.6 Å². The van der Waals surface area contributed by atoms with Crippen LogP contribution in [0.1, 0.15) is 57.8 Å². The summed E-state index contributed by atoms with van der Waals surface area (Å²) in [5.41, 5.74) is 4.08. The first kappa shape index (κ1) is 24.5. The Bertz CT molecular complexity index is 876. The molecule has 2 saturated heterocycles. The molecule has 192 valence electrons. The fraction of sp³-hybridized carbons (Fsp3) is 0.704. The van der Waals surface area contributed by atoms with Gasteiger partial charge in [-0.2, -0.15) is 0 Å². The number of anilines is 2. The minimum Gasteiger partial charge on any atom is -0.378 e. The molecule has 0 radical (unpaired) electrons. The predicted octanol–water partition coefficient (Wildman–Crippen LogP) is 3.41. The minimum atomic E-state index is -0.324. The molecule has 8 nitrogen and oxygen atoms in total. The van der Waals surface area contributed by atoms with Gasteiger partial charge in [0.05, 0.1) is 19.3 Å². The van der Waals surface area contributed by atoms with Gasteiger partial charge < -0.3 is 15.0 Å². The molecule has 1 aromatic carbocycles. The smallest absolute Gasteiger partial charge is 0.243 e. The molecule has 2 saturated carbocycles. The molecular formula is C27H40N4O4. The third-order valence-corrected chi connectivity index (χ3v) is 8.61. The van der Waals surface area contributed by atoms with E-state index in [2.05, 4.69) is 27.2 Å². The molecule has 2 aliphatic carbocycles. The standard InChI is InChI=1S/C27H40N4O4/c32-25(29-34)16-21(15-20-3-1-2-4-20)18-31-19-27(9-10-27)17-24(31)26(33)28-22-5-7-23(8-6-22)30-11-13-35-14-12-30/h5-8,20-21,24,34H,1-4,9-19H2,(H,28,33)(H,29,32). The van der Waals surface area contributed by atoms with E-state index in [-0.39, 0.29) is 29.2 Å². The van der Waals surface area contributed by atoms with E-state index < -0.39 is 0 Å². The number of nitrogens with zero attached hydrogens (tertiary/aromatic N) is 2. The molecule has 2 aliphatic heterocycles. The highest BCUT2D eigenvalue weighted by Gasteiger charge is 2.54. The van der Waals surface area contributed by atoms with Gasteiger partial charge in [-0.25, -0.2) is 5.48 Å². The van der Waals surface area contributed by atoms with E-state index in [1.165, 1.54) is 38.5 Å². The molecule has 4 fully saturated rings. The second-order valence-electron chi connectivity index (χ2n) is 11.3. The van der Waals surface area contributed by atoms with Crippen LogP contribution in [0.15, 0.2) is 24.3 Å². The number of nitrogens with one attached hydrogen (secondary N) is 2. The lowest BCUT2D eigenvalue weighted by molar-refractivity contribution is -0.130. The average molecular weight is 485 g/mol. The van der Waals surface area contributed by atoms with Gasteiger partial charge in [0, 0.05) is 44.0 Å². The zero-order valence-electron chi connectivity index (χ0n) is 20.7. The number of ether oxygens (including phenoxy) is 1. The number of carbonyl (C=O) groups excluding carboxylic acids is 2. The summed E-state index contributed by atoms with van der Waals surface area (Å²) in [5.74, 6) is 0.539. The summed E-state index contributed by atoms with van der Waals surface area (Å²) < 4.78 is 5.44. The van der Waals surface area contributed by atoms with Crippen LogP contribution in [0.4, 0.5) is 11.4 Å². The highest BCUT2D eigenvalue weighted by Crippen LogP contribution is 2.55. The van der Waals surface area contributed by atoms with Gasteiger partial charge in [-0.15, -0.1) is 0 Å². The average Bonchev–Trinajstić information content (AvgIpc) is 3.25. The van der Waals surface area contributed by atoms with Gasteiger partial charge in [-0.3, -0.25) is 19.7 Å². The van der Waals surface area contributed by atoms with E-state index in [1.54, 1.807) is 0 Å². The van der Waals surface area contributed by atoms with Crippen LogP contribution in [0.5, 0.6) is 0 Å². The number of likely N-dealkylation sites (tertiary alicyclic amines) is 1. The lowest BCUT2D eigenvalue weighted by Crippen LogP contribution is -2.43. The maximum atomic E-state index is 13.4. The number of hydrogen-bond donors (Lipinski definition) is 3. The van der Waals surface area contributed by atoms with Gasteiger partial charge in [0.2, 0.25) is 11.8 Å². The Morgan fingerprint density at radius 3 is 2.49 bits per heavy atom. The number of rotatable bonds is 9. The topological polar surface area (TPSA) is 94.1 Å². The number of benzene rings is 1. The van der Waals surface area contributed by atoms with Crippen molar-refractivity contribution in [3.05, 3.63) is 24.3 Å². The minimum absolute atomic E-state index is 0.0547. The van der Waals surface area contributed by atoms with Crippen LogP contribution in [-0.2, 0) is 14.3 Å². The first-order valence-electron chi connectivity index (χ1n) is 13.4. The first-order valence-corrected chi connectivity index (χ1v) is 13.4. The molecule has 1 aromatic rings. The van der Waals surface area contributed by atoms with Crippen molar-refractivity contribution in [2.75, 3.05) is 49.6 Å². The molecule has 8 heteroatoms. The number of amides is 2. The van der Waals surface area contributed by atoms with Gasteiger partial charge in [-0.05, 0) is 67.2 Å². The Kier molecular flexibility index (Phi) is 7.60. The molecule has 2 atom stereocenters. The van der Waals surface area contributed by atoms with Crippen molar-refractivity contribution in [3.63, 3.8) is 0 Å². The normalized spacial score (nSPS) is 25.1. The van der Waals surface area contributed by atoms with Gasteiger partial charge in [-0.1, -0.05) is 25.7 Å². The van der Waals surface area contributed by atoms with Crippen molar-refractivity contribution in [3.8, 4) is 0 Å². The van der Waals surface area contributed by atoms with Crippen LogP contribution in [0.25, 0.3) is 0 Å². The van der Waals surface area contributed by atoms with Crippen LogP contribution >= 0.6 is 0 Å². The van der Waals surface area contributed by atoms with E-state index >= 15 is 0 Å². The zero-order valence-corrected chi connectivity index (χ0v) is 20.7. The molecule has 0 bridgehead atoms. The van der Waals surface area contributed by atoms with Crippen molar-refractivity contribution in [2.45, 2.75) is 63.8 Å². The van der Waals surface area contributed by atoms with Crippen molar-refractivity contribution < 1.29 is 19.5 Å². The summed E-state index contributed by atoms with van der Waals surface area (Å²) in [6, 6.07) is 7.95. The molecule has 4 aliphatic rings. The fourth-order valence-electron chi connectivity index (χ4n) is 6.52. The zero-order chi connectivity index (χ0) is 24.3. The molecule has 0 aromatic heterocycles. The Morgan fingerprint density at radius 2 is 1.83 bits per heavy atom. The number of hydroxylamine groups is 1. The highest BCUT2D eigenvalue weighted by atomic mass is 16.5. The van der Waals surface area contributed by atoms with Crippen molar-refractivity contribution in [2.24, 2.45) is 17.3 Å². The highest BCUT2D eigenvalue weighted by molar-refractivity contribution is 5.95. The Hall–Kier alpha value is -2.16. The van der Waals surface area contributed by atoms with Gasteiger partial charge in [0.25, 0.3) is 0 Å². The summed E-state index contributed by atoms with van der Waals surface area (Å²) in [4.78, 5) is 30.1. The second-order valence-corrected chi connectivity index (χ2v) is 11.3. The van der Waals surface area contributed by atoms with Crippen LogP contribution in [0.2, 0.25) is 0 Å². The third-order valence-electron chi connectivity index (χ3n) is 8.61. The summed E-state index contributed by atoms with van der Waals surface area (Å²) in [5, 5.41) is 12.3. The number of morpholine rings is 1. The SMILES string of the molecule is O=C(CC(CC1CCCC1)CN1CC2(CC2)CC1C(=O)Nc1ccc(N2CCOCC2)cc1)NO. The predicted molar refractivity (Wildman–Crippen MR) is 134 cm³/mol. The molecular weight excluding hydrogens is 444 g/mol. The molecule has 1 spiro atoms.